The number of nitrogens with zero attached hydrogens (tertiary/aromatic N) is 2. The summed E-state index contributed by atoms with van der Waals surface area (Å²) in [6, 6.07) is 14.0. The van der Waals surface area contributed by atoms with E-state index >= 15 is 0 Å². The first-order valence-electron chi connectivity index (χ1n) is 10.4. The highest BCUT2D eigenvalue weighted by molar-refractivity contribution is 6.30. The summed E-state index contributed by atoms with van der Waals surface area (Å²) in [6.07, 6.45) is 5.62. The Morgan fingerprint density at radius 2 is 1.93 bits per heavy atom. The van der Waals surface area contributed by atoms with E-state index < -0.39 is 0 Å². The van der Waals surface area contributed by atoms with Crippen LogP contribution in [0.2, 0.25) is 5.02 Å². The maximum Gasteiger partial charge on any atom is 0.231 e. The summed E-state index contributed by atoms with van der Waals surface area (Å²) in [4.78, 5) is 17.9. The highest BCUT2D eigenvalue weighted by Gasteiger charge is 2.37. The SMILES string of the molecule is C/C=C/C[C@H]1C(=O)N(CCN(C)C)c2ccc(Cl)cc2C[C@H]1c1ccc(OC)cc1. The van der Waals surface area contributed by atoms with E-state index in [9.17, 15) is 4.79 Å². The molecule has 2 atom stereocenters. The molecule has 4 nitrogen and oxygen atoms in total. The topological polar surface area (TPSA) is 32.8 Å². The zero-order valence-corrected chi connectivity index (χ0v) is 19.0. The van der Waals surface area contributed by atoms with Gasteiger partial charge in [-0.15, -0.1) is 0 Å². The number of halogens is 1. The average molecular weight is 427 g/mol. The van der Waals surface area contributed by atoms with Crippen molar-refractivity contribution in [3.8, 4) is 5.75 Å². The third kappa shape index (κ3) is 5.05. The average Bonchev–Trinajstić information content (AvgIpc) is 2.84. The van der Waals surface area contributed by atoms with E-state index in [-0.39, 0.29) is 17.7 Å². The molecule has 0 aliphatic carbocycles. The number of benzene rings is 2. The van der Waals surface area contributed by atoms with Crippen molar-refractivity contribution < 1.29 is 9.53 Å². The first-order valence-corrected chi connectivity index (χ1v) is 10.8. The van der Waals surface area contributed by atoms with Gasteiger partial charge < -0.3 is 14.5 Å². The van der Waals surface area contributed by atoms with Crippen LogP contribution in [0.4, 0.5) is 5.69 Å². The number of anilines is 1. The molecule has 0 spiro atoms. The van der Waals surface area contributed by atoms with Crippen LogP contribution in [-0.4, -0.2) is 45.1 Å². The third-order valence-corrected chi connectivity index (χ3v) is 6.02. The molecule has 0 radical (unpaired) electrons. The number of ether oxygens (including phenoxy) is 1. The summed E-state index contributed by atoms with van der Waals surface area (Å²) in [5, 5.41) is 0.703. The number of fused-ring (bicyclic) bond motifs is 1. The van der Waals surface area contributed by atoms with Crippen LogP contribution in [0.3, 0.4) is 0 Å². The lowest BCUT2D eigenvalue weighted by Crippen LogP contribution is -2.41. The molecule has 30 heavy (non-hydrogen) atoms. The number of likely N-dealkylation sites (N-methyl/N-ethyl adjacent to an activating group) is 1. The van der Waals surface area contributed by atoms with Gasteiger partial charge in [0.1, 0.15) is 5.75 Å². The maximum absolute atomic E-state index is 13.8. The standard InChI is InChI=1S/C25H31ClN2O2/c1-5-6-7-22-23(18-8-11-21(30-4)12-9-18)17-19-16-20(26)10-13-24(19)28(25(22)29)15-14-27(2)3/h5-6,8-13,16,22-23H,7,14-15,17H2,1-4H3/b6-5+/t22-,23+/m1/s1. The molecule has 0 saturated heterocycles. The highest BCUT2D eigenvalue weighted by Crippen LogP contribution is 2.40. The zero-order valence-electron chi connectivity index (χ0n) is 18.3. The summed E-state index contributed by atoms with van der Waals surface area (Å²) < 4.78 is 5.33. The minimum absolute atomic E-state index is 0.0705. The molecular weight excluding hydrogens is 396 g/mol. The molecule has 0 N–H and O–H groups in total. The predicted octanol–water partition coefficient (Wildman–Crippen LogP) is 5.17. The summed E-state index contributed by atoms with van der Waals surface area (Å²) in [5.74, 6) is 0.931. The largest absolute Gasteiger partial charge is 0.497 e. The van der Waals surface area contributed by atoms with Gasteiger partial charge in [-0.3, -0.25) is 4.79 Å². The molecule has 2 aromatic rings. The minimum atomic E-state index is -0.136. The van der Waals surface area contributed by atoms with E-state index in [0.717, 1.165) is 35.5 Å². The quantitative estimate of drug-likeness (QED) is 0.573. The van der Waals surface area contributed by atoms with Crippen LogP contribution >= 0.6 is 11.6 Å². The van der Waals surface area contributed by atoms with Crippen molar-refractivity contribution in [1.29, 1.82) is 0 Å². The minimum Gasteiger partial charge on any atom is -0.497 e. The second-order valence-corrected chi connectivity index (χ2v) is 8.50. The van der Waals surface area contributed by atoms with Gasteiger partial charge in [0.05, 0.1) is 7.11 Å². The smallest absolute Gasteiger partial charge is 0.231 e. The van der Waals surface area contributed by atoms with Gasteiger partial charge in [0, 0.05) is 29.7 Å². The lowest BCUT2D eigenvalue weighted by atomic mass is 9.80. The lowest BCUT2D eigenvalue weighted by molar-refractivity contribution is -0.122. The second-order valence-electron chi connectivity index (χ2n) is 8.06. The van der Waals surface area contributed by atoms with Gasteiger partial charge >= 0.3 is 0 Å². The van der Waals surface area contributed by atoms with Crippen LogP contribution in [0.1, 0.15) is 30.4 Å². The van der Waals surface area contributed by atoms with E-state index in [4.69, 9.17) is 16.3 Å². The zero-order chi connectivity index (χ0) is 21.7. The van der Waals surface area contributed by atoms with E-state index in [0.29, 0.717) is 18.0 Å². The first-order chi connectivity index (χ1) is 14.4. The molecule has 5 heteroatoms. The van der Waals surface area contributed by atoms with Crippen LogP contribution in [0.5, 0.6) is 5.75 Å². The molecular formula is C25H31ClN2O2. The molecule has 1 aliphatic heterocycles. The summed E-state index contributed by atoms with van der Waals surface area (Å²) in [7, 11) is 5.73. The Morgan fingerprint density at radius 3 is 2.57 bits per heavy atom. The number of amides is 1. The Hall–Kier alpha value is -2.30. The van der Waals surface area contributed by atoms with Gasteiger partial charge in [0.15, 0.2) is 0 Å². The molecule has 1 aliphatic rings. The fraction of sp³-hybridized carbons (Fsp3) is 0.400. The molecule has 3 rings (SSSR count). The van der Waals surface area contributed by atoms with E-state index in [1.165, 1.54) is 0 Å². The number of rotatable bonds is 7. The van der Waals surface area contributed by atoms with Gasteiger partial charge in [0.25, 0.3) is 0 Å². The molecule has 0 fully saturated rings. The Kier molecular flexibility index (Phi) is 7.57. The summed E-state index contributed by atoms with van der Waals surface area (Å²) in [5.41, 5.74) is 3.25. The van der Waals surface area contributed by atoms with Crippen LogP contribution in [0, 0.1) is 5.92 Å². The molecule has 0 unspecified atom stereocenters. The maximum atomic E-state index is 13.8. The Morgan fingerprint density at radius 1 is 1.20 bits per heavy atom. The highest BCUT2D eigenvalue weighted by atomic mass is 35.5. The molecule has 0 bridgehead atoms. The van der Waals surface area contributed by atoms with Crippen LogP contribution < -0.4 is 9.64 Å². The molecule has 2 aromatic carbocycles. The van der Waals surface area contributed by atoms with Gasteiger partial charge in [-0.25, -0.2) is 0 Å². The van der Waals surface area contributed by atoms with E-state index in [1.807, 2.05) is 62.3 Å². The van der Waals surface area contributed by atoms with Crippen molar-refractivity contribution in [3.63, 3.8) is 0 Å². The molecule has 1 heterocycles. The predicted molar refractivity (Wildman–Crippen MR) is 125 cm³/mol. The molecule has 0 saturated carbocycles. The molecule has 0 aromatic heterocycles. The van der Waals surface area contributed by atoms with Crippen molar-refractivity contribution in [2.75, 3.05) is 39.2 Å². The monoisotopic (exact) mass is 426 g/mol. The second kappa shape index (κ2) is 10.1. The fourth-order valence-electron chi connectivity index (χ4n) is 4.13. The summed E-state index contributed by atoms with van der Waals surface area (Å²) in [6.45, 7) is 3.46. The van der Waals surface area contributed by atoms with Gasteiger partial charge in [-0.2, -0.15) is 0 Å². The molecule has 160 valence electrons. The number of methoxy groups -OCH3 is 1. The Labute approximate surface area is 185 Å². The molecule has 1 amide bonds. The summed E-state index contributed by atoms with van der Waals surface area (Å²) >= 11 is 6.36. The van der Waals surface area contributed by atoms with Gasteiger partial charge in [-0.05, 0) is 81.2 Å². The third-order valence-electron chi connectivity index (χ3n) is 5.78. The fourth-order valence-corrected chi connectivity index (χ4v) is 4.33. The van der Waals surface area contributed by atoms with Crippen molar-refractivity contribution in [2.24, 2.45) is 5.92 Å². The van der Waals surface area contributed by atoms with E-state index in [2.05, 4.69) is 23.1 Å². The van der Waals surface area contributed by atoms with Crippen molar-refractivity contribution in [1.82, 2.24) is 4.90 Å². The Bertz CT molecular complexity index is 893. The lowest BCUT2D eigenvalue weighted by Gasteiger charge is -2.29. The first kappa shape index (κ1) is 22.4. The number of allylic oxidation sites excluding steroid dienone is 2. The normalized spacial score (nSPS) is 19.3. The number of hydrogen-bond donors (Lipinski definition) is 0. The number of carbonyl (C=O) groups is 1. The van der Waals surface area contributed by atoms with Crippen molar-refractivity contribution in [2.45, 2.75) is 25.7 Å². The van der Waals surface area contributed by atoms with Crippen molar-refractivity contribution >= 4 is 23.2 Å². The number of hydrogen-bond acceptors (Lipinski definition) is 3. The van der Waals surface area contributed by atoms with Gasteiger partial charge in [-0.1, -0.05) is 35.9 Å². The Balaban J connectivity index is 2.08. The number of carbonyl (C=O) groups excluding carboxylic acids is 1. The van der Waals surface area contributed by atoms with E-state index in [1.54, 1.807) is 7.11 Å². The van der Waals surface area contributed by atoms with Crippen LogP contribution in [0.25, 0.3) is 0 Å². The van der Waals surface area contributed by atoms with Gasteiger partial charge in [0.2, 0.25) is 5.91 Å². The van der Waals surface area contributed by atoms with Crippen LogP contribution in [0.15, 0.2) is 54.6 Å². The van der Waals surface area contributed by atoms with Crippen molar-refractivity contribution in [3.05, 3.63) is 70.8 Å². The van der Waals surface area contributed by atoms with Crippen LogP contribution in [-0.2, 0) is 11.2 Å².